The Labute approximate surface area is 63.9 Å². The molecule has 0 aromatic heterocycles. The summed E-state index contributed by atoms with van der Waals surface area (Å²) in [5.74, 6) is 0. The number of hydrogen-bond acceptors (Lipinski definition) is 4. The molecule has 1 aliphatic carbocycles. The Morgan fingerprint density at radius 2 is 2.20 bits per heavy atom. The lowest BCUT2D eigenvalue weighted by atomic mass is 10.3. The van der Waals surface area contributed by atoms with Gasteiger partial charge in [0, 0.05) is 0 Å². The van der Waals surface area contributed by atoms with Gasteiger partial charge in [0.05, 0.1) is 17.7 Å². The summed E-state index contributed by atoms with van der Waals surface area (Å²) in [4.78, 5) is 12.9. The van der Waals surface area contributed by atoms with E-state index in [0.717, 1.165) is 12.8 Å². The summed E-state index contributed by atoms with van der Waals surface area (Å²) in [6.07, 6.45) is 1.81. The molecule has 0 aromatic carbocycles. The van der Waals surface area contributed by atoms with Crippen LogP contribution in [0.15, 0.2) is 0 Å². The minimum atomic E-state index is -3.43. The van der Waals surface area contributed by atoms with Gasteiger partial charge in [-0.25, -0.2) is 0 Å². The van der Waals surface area contributed by atoms with E-state index in [1.54, 1.807) is 0 Å². The van der Waals surface area contributed by atoms with Gasteiger partial charge in [-0.3, -0.25) is 0 Å². The van der Waals surface area contributed by atoms with Gasteiger partial charge in [-0.1, -0.05) is 0 Å². The van der Waals surface area contributed by atoms with Crippen LogP contribution in [0.3, 0.4) is 0 Å². The highest BCUT2D eigenvalue weighted by Gasteiger charge is 2.59. The minimum Gasteiger partial charge on any atom is -0.390 e. The summed E-state index contributed by atoms with van der Waals surface area (Å²) in [7, 11) is -3.43. The van der Waals surface area contributed by atoms with Gasteiger partial charge in [0.1, 0.15) is 0 Å². The second-order valence-corrected chi connectivity index (χ2v) is 4.88. The molecule has 1 saturated carbocycles. The van der Waals surface area contributed by atoms with Crippen molar-refractivity contribution in [3.8, 4) is 0 Å². The van der Waals surface area contributed by atoms with Crippen LogP contribution >= 0.6 is 0 Å². The second kappa shape index (κ2) is 1.80. The average molecular weight is 168 g/mol. The number of ether oxygens (including phenoxy) is 1. The third-order valence-electron chi connectivity index (χ3n) is 2.23. The molecule has 2 rings (SSSR count). The molecule has 1 saturated heterocycles. The summed E-state index contributed by atoms with van der Waals surface area (Å²) >= 11 is 0. The summed E-state index contributed by atoms with van der Waals surface area (Å²) in [6.45, 7) is 0. The Bertz CT molecular complexity index is 194. The van der Waals surface area contributed by atoms with Gasteiger partial charge in [-0.05, 0) is 12.8 Å². The first kappa shape index (κ1) is 4.17. The second-order valence-electron chi connectivity index (χ2n) is 2.93. The molecular weight excluding hydrogens is 152 g/mol. The van der Waals surface area contributed by atoms with E-state index in [2.05, 4.69) is 14.4 Å². The molecule has 1 aliphatic heterocycles. The van der Waals surface area contributed by atoms with Crippen LogP contribution in [-0.4, -0.2) is 39.7 Å². The topological polar surface area (TPSA) is 73.2 Å². The summed E-state index contributed by atoms with van der Waals surface area (Å²) < 4.78 is 25.6. The van der Waals surface area contributed by atoms with Gasteiger partial charge in [0.2, 0.25) is 0 Å². The van der Waals surface area contributed by atoms with Gasteiger partial charge in [-0.2, -0.15) is 0 Å². The molecule has 3 N–H and O–H groups in total. The minimum absolute atomic E-state index is 0.0206. The number of rotatable bonds is 4. The molecule has 0 radical (unpaired) electrons. The molecule has 3 unspecified atom stereocenters. The van der Waals surface area contributed by atoms with Gasteiger partial charge in [-0.15, -0.1) is 0 Å². The molecule has 0 aromatic rings. The van der Waals surface area contributed by atoms with Gasteiger partial charge in [0.15, 0.2) is 4.29 Å². The molecule has 0 bridgehead atoms. The Morgan fingerprint density at radius 3 is 2.60 bits per heavy atom. The summed E-state index contributed by atoms with van der Waals surface area (Å²) in [5, 5.41) is 0. The van der Waals surface area contributed by atoms with E-state index < -0.39 is 8.80 Å². The zero-order valence-corrected chi connectivity index (χ0v) is 6.28. The van der Waals surface area contributed by atoms with Crippen molar-refractivity contribution in [2.45, 2.75) is 30.6 Å². The molecule has 5 heteroatoms. The van der Waals surface area contributed by atoms with Crippen LogP contribution in [0.4, 0.5) is 0 Å². The van der Waals surface area contributed by atoms with Crippen LogP contribution in [0.2, 0.25) is 5.54 Å². The normalized spacial score (nSPS) is 49.2. The maximum atomic E-state index is 6.80. The monoisotopic (exact) mass is 168 g/mol. The highest BCUT2D eigenvalue weighted by molar-refractivity contribution is 6.58. The molecule has 0 amide bonds. The maximum Gasteiger partial charge on any atom is 0.498 e. The first-order valence-electron chi connectivity index (χ1n) is 4.58. The van der Waals surface area contributed by atoms with Crippen LogP contribution in [0, 0.1) is 0 Å². The SMILES string of the molecule is [3H]O[Si](O[3H])(O[3H])C1CCC2OC21. The molecule has 2 fully saturated rings. The number of fused-ring (bicyclic) bond motifs is 1. The van der Waals surface area contributed by atoms with E-state index in [-0.39, 0.29) is 17.7 Å². The predicted molar refractivity (Wildman–Crippen MR) is 34.1 cm³/mol. The zero-order valence-electron chi connectivity index (χ0n) is 8.28. The fourth-order valence-electron chi connectivity index (χ4n) is 1.63. The van der Waals surface area contributed by atoms with E-state index in [1.165, 1.54) is 0 Å². The number of hydrogen-bond donors (Lipinski definition) is 3. The zero-order chi connectivity index (χ0) is 9.47. The van der Waals surface area contributed by atoms with Crippen molar-refractivity contribution in [2.24, 2.45) is 0 Å². The largest absolute Gasteiger partial charge is 0.498 e. The van der Waals surface area contributed by atoms with Crippen LogP contribution in [0.25, 0.3) is 0 Å². The van der Waals surface area contributed by atoms with Crippen LogP contribution in [0.5, 0.6) is 0 Å². The van der Waals surface area contributed by atoms with Crippen molar-refractivity contribution in [1.29, 1.82) is 4.29 Å². The first-order valence-corrected chi connectivity index (χ1v) is 5.16. The smallest absolute Gasteiger partial charge is 0.390 e. The highest BCUT2D eigenvalue weighted by Crippen LogP contribution is 2.49. The van der Waals surface area contributed by atoms with Crippen molar-refractivity contribution in [3.63, 3.8) is 0 Å². The van der Waals surface area contributed by atoms with Crippen LogP contribution in [-0.2, 0) is 4.74 Å². The van der Waals surface area contributed by atoms with Crippen molar-refractivity contribution >= 4 is 8.80 Å². The first-order chi connectivity index (χ1) is 6.27. The fourth-order valence-corrected chi connectivity index (χ4v) is 2.84. The van der Waals surface area contributed by atoms with E-state index >= 15 is 0 Å². The van der Waals surface area contributed by atoms with E-state index in [4.69, 9.17) is 9.03 Å². The van der Waals surface area contributed by atoms with Crippen molar-refractivity contribution in [3.05, 3.63) is 0 Å². The highest BCUT2D eigenvalue weighted by atomic mass is 28.4. The third kappa shape index (κ3) is 0.905. The standard InChI is InChI=1S/C5H10O4Si/c6-10(7,8)4-2-1-3-5(4)9-3/h3-8H,1-2H2/i6T,7T,8T. The molecule has 4 nitrogen and oxygen atoms in total. The third-order valence-corrected chi connectivity index (χ3v) is 3.76. The molecule has 2 aliphatic rings. The molecular formula is C5H10O4Si. The van der Waals surface area contributed by atoms with Crippen LogP contribution in [0.1, 0.15) is 12.8 Å². The van der Waals surface area contributed by atoms with Crippen molar-refractivity contribution in [1.82, 2.24) is 0 Å². The van der Waals surface area contributed by atoms with Crippen molar-refractivity contribution < 1.29 is 19.1 Å². The Hall–Kier alpha value is 0.0569. The Balaban J connectivity index is 2.09. The quantitative estimate of drug-likeness (QED) is 0.365. The lowest BCUT2D eigenvalue weighted by Gasteiger charge is -2.16. The van der Waals surface area contributed by atoms with Gasteiger partial charge < -0.3 is 19.1 Å². The molecule has 58 valence electrons. The van der Waals surface area contributed by atoms with Gasteiger partial charge >= 0.3 is 8.80 Å². The van der Waals surface area contributed by atoms with E-state index in [9.17, 15) is 0 Å². The predicted octanol–water partition coefficient (Wildman–Crippen LogP) is -1.17. The average Bonchev–Trinajstić information content (AvgIpc) is 2.84. The molecule has 1 heterocycles. The summed E-state index contributed by atoms with van der Waals surface area (Å²) in [5.41, 5.74) is -0.218. The lowest BCUT2D eigenvalue weighted by Crippen LogP contribution is -2.42. The van der Waals surface area contributed by atoms with Gasteiger partial charge in [0.25, 0.3) is 0 Å². The molecule has 3 atom stereocenters. The molecule has 0 spiro atoms. The van der Waals surface area contributed by atoms with E-state index in [0.29, 0.717) is 0 Å². The number of epoxide rings is 1. The fraction of sp³-hybridized carbons (Fsp3) is 1.00. The lowest BCUT2D eigenvalue weighted by molar-refractivity contribution is 0.189. The van der Waals surface area contributed by atoms with E-state index in [1.807, 2.05) is 0 Å². The molecule has 10 heavy (non-hydrogen) atoms. The van der Waals surface area contributed by atoms with Crippen LogP contribution < -0.4 is 0 Å². The maximum absolute atomic E-state index is 6.80. The summed E-state index contributed by atoms with van der Waals surface area (Å²) in [6, 6.07) is 0. The van der Waals surface area contributed by atoms with Crippen molar-refractivity contribution in [2.75, 3.05) is 0 Å². The Kier molecular flexibility index (Phi) is 0.753. The Morgan fingerprint density at radius 1 is 1.40 bits per heavy atom.